The normalized spacial score (nSPS) is 11.2. The second kappa shape index (κ2) is 10.3. The number of rotatable bonds is 8. The number of halogens is 4. The molecule has 0 saturated carbocycles. The minimum absolute atomic E-state index is 0.00160. The monoisotopic (exact) mass is 498 g/mol. The molecule has 0 spiro atoms. The molecule has 1 amide bonds. The fraction of sp³-hybridized carbons (Fsp3) is 0.200. The van der Waals surface area contributed by atoms with E-state index in [1.165, 1.54) is 0 Å². The fourth-order valence-corrected chi connectivity index (χ4v) is 2.80. The van der Waals surface area contributed by atoms with Crippen molar-refractivity contribution in [2.45, 2.75) is 19.0 Å². The molecule has 1 aromatic heterocycles. The third kappa shape index (κ3) is 6.51. The maximum Gasteiger partial charge on any atom is 0.418 e. The zero-order valence-corrected chi connectivity index (χ0v) is 17.7. The standard InChI is InChI=1S/C20H14ClF3N4O6/c21-12-3-1-11(2-4-12)19-26-17(34-27-19)7-8-18(30)33-10-16(29)25-15-6-5-13(28(31)32)9-14(15)20(22,23)24/h1-6,9H,7-8,10H2,(H,25,29). The summed E-state index contributed by atoms with van der Waals surface area (Å²) < 4.78 is 49.3. The molecule has 0 aliphatic heterocycles. The number of esters is 1. The molecule has 0 aliphatic rings. The van der Waals surface area contributed by atoms with Crippen LogP contribution in [0.2, 0.25) is 5.02 Å². The molecule has 2 aromatic carbocycles. The highest BCUT2D eigenvalue weighted by Crippen LogP contribution is 2.37. The summed E-state index contributed by atoms with van der Waals surface area (Å²) in [5, 5.41) is 17.0. The van der Waals surface area contributed by atoms with Crippen molar-refractivity contribution in [3.05, 3.63) is 69.1 Å². The first-order valence-corrected chi connectivity index (χ1v) is 9.80. The van der Waals surface area contributed by atoms with Gasteiger partial charge in [-0.15, -0.1) is 0 Å². The van der Waals surface area contributed by atoms with Gasteiger partial charge >= 0.3 is 12.1 Å². The number of carbonyl (C=O) groups excluding carboxylic acids is 2. The van der Waals surface area contributed by atoms with Gasteiger partial charge in [-0.1, -0.05) is 16.8 Å². The Morgan fingerprint density at radius 3 is 2.53 bits per heavy atom. The molecule has 178 valence electrons. The Morgan fingerprint density at radius 1 is 1.18 bits per heavy atom. The number of hydrogen-bond donors (Lipinski definition) is 1. The van der Waals surface area contributed by atoms with E-state index in [9.17, 15) is 32.9 Å². The van der Waals surface area contributed by atoms with Crippen LogP contribution in [0.25, 0.3) is 11.4 Å². The van der Waals surface area contributed by atoms with Gasteiger partial charge in [0, 0.05) is 29.1 Å². The molecule has 0 atom stereocenters. The Balaban J connectivity index is 1.51. The average Bonchev–Trinajstić information content (AvgIpc) is 3.25. The number of hydrogen-bond acceptors (Lipinski definition) is 8. The molecule has 0 unspecified atom stereocenters. The molecule has 3 rings (SSSR count). The van der Waals surface area contributed by atoms with Crippen molar-refractivity contribution in [3.8, 4) is 11.4 Å². The SMILES string of the molecule is O=C(COC(=O)CCc1nc(-c2ccc(Cl)cc2)no1)Nc1ccc([N+](=O)[O-])cc1C(F)(F)F. The van der Waals surface area contributed by atoms with Crippen molar-refractivity contribution in [2.24, 2.45) is 0 Å². The number of amides is 1. The highest BCUT2D eigenvalue weighted by molar-refractivity contribution is 6.30. The van der Waals surface area contributed by atoms with E-state index in [1.807, 2.05) is 5.32 Å². The Morgan fingerprint density at radius 2 is 1.88 bits per heavy atom. The molecule has 0 fully saturated rings. The molecule has 1 N–H and O–H groups in total. The Bertz CT molecular complexity index is 1210. The summed E-state index contributed by atoms with van der Waals surface area (Å²) in [6.07, 6.45) is -5.19. The van der Waals surface area contributed by atoms with E-state index in [0.29, 0.717) is 16.7 Å². The van der Waals surface area contributed by atoms with Gasteiger partial charge in [-0.2, -0.15) is 18.2 Å². The Kier molecular flexibility index (Phi) is 7.46. The lowest BCUT2D eigenvalue weighted by Gasteiger charge is -2.13. The molecule has 0 saturated heterocycles. The van der Waals surface area contributed by atoms with E-state index >= 15 is 0 Å². The predicted molar refractivity (Wildman–Crippen MR) is 111 cm³/mol. The van der Waals surface area contributed by atoms with Gasteiger partial charge in [0.1, 0.15) is 0 Å². The smallest absolute Gasteiger partial charge is 0.418 e. The number of nitrogens with one attached hydrogen (secondary N) is 1. The first-order chi connectivity index (χ1) is 16.0. The molecule has 0 radical (unpaired) electrons. The van der Waals surface area contributed by atoms with Gasteiger partial charge in [0.2, 0.25) is 11.7 Å². The van der Waals surface area contributed by atoms with Crippen molar-refractivity contribution in [2.75, 3.05) is 11.9 Å². The molecule has 1 heterocycles. The summed E-state index contributed by atoms with van der Waals surface area (Å²) in [6, 6.07) is 8.49. The predicted octanol–water partition coefficient (Wildman–Crippen LogP) is 4.43. The molecule has 14 heteroatoms. The number of nitrogens with zero attached hydrogens (tertiary/aromatic N) is 3. The topological polar surface area (TPSA) is 137 Å². The van der Waals surface area contributed by atoms with Crippen molar-refractivity contribution < 1.29 is 36.9 Å². The fourth-order valence-electron chi connectivity index (χ4n) is 2.68. The molecule has 0 aliphatic carbocycles. The largest absolute Gasteiger partial charge is 0.456 e. The number of nitro groups is 1. The molecular weight excluding hydrogens is 485 g/mol. The number of anilines is 1. The third-order valence-electron chi connectivity index (χ3n) is 4.27. The van der Waals surface area contributed by atoms with Crippen LogP contribution in [0.5, 0.6) is 0 Å². The number of aromatic nitrogens is 2. The first-order valence-electron chi connectivity index (χ1n) is 9.42. The van der Waals surface area contributed by atoms with E-state index < -0.39 is 46.5 Å². The zero-order chi connectivity index (χ0) is 24.9. The van der Waals surface area contributed by atoms with E-state index in [-0.39, 0.29) is 24.6 Å². The van der Waals surface area contributed by atoms with Gasteiger partial charge in [0.15, 0.2) is 6.61 Å². The molecule has 3 aromatic rings. The maximum absolute atomic E-state index is 13.2. The third-order valence-corrected chi connectivity index (χ3v) is 4.52. The first kappa shape index (κ1) is 24.6. The van der Waals surface area contributed by atoms with E-state index in [2.05, 4.69) is 10.1 Å². The van der Waals surface area contributed by atoms with E-state index in [1.54, 1.807) is 24.3 Å². The van der Waals surface area contributed by atoms with Gasteiger partial charge < -0.3 is 14.6 Å². The summed E-state index contributed by atoms with van der Waals surface area (Å²) in [4.78, 5) is 37.6. The Hall–Kier alpha value is -4.00. The molecule has 0 bridgehead atoms. The number of nitro benzene ring substituents is 1. The van der Waals surface area contributed by atoms with Crippen molar-refractivity contribution in [3.63, 3.8) is 0 Å². The van der Waals surface area contributed by atoms with Crippen LogP contribution in [-0.2, 0) is 26.9 Å². The number of alkyl halides is 3. The van der Waals surface area contributed by atoms with Crippen LogP contribution >= 0.6 is 11.6 Å². The van der Waals surface area contributed by atoms with Gasteiger partial charge in [-0.3, -0.25) is 19.7 Å². The highest BCUT2D eigenvalue weighted by Gasteiger charge is 2.35. The molecular formula is C20H14ClF3N4O6. The van der Waals surface area contributed by atoms with Crippen LogP contribution in [0, 0.1) is 10.1 Å². The van der Waals surface area contributed by atoms with Crippen molar-refractivity contribution >= 4 is 34.9 Å². The highest BCUT2D eigenvalue weighted by atomic mass is 35.5. The van der Waals surface area contributed by atoms with Crippen LogP contribution < -0.4 is 5.32 Å². The number of aryl methyl sites for hydroxylation is 1. The lowest BCUT2D eigenvalue weighted by Crippen LogP contribution is -2.23. The summed E-state index contributed by atoms with van der Waals surface area (Å²) in [6.45, 7) is -0.868. The maximum atomic E-state index is 13.2. The van der Waals surface area contributed by atoms with Crippen LogP contribution in [0.15, 0.2) is 47.0 Å². The van der Waals surface area contributed by atoms with Crippen molar-refractivity contribution in [1.82, 2.24) is 10.1 Å². The summed E-state index contributed by atoms with van der Waals surface area (Å²) >= 11 is 5.81. The number of ether oxygens (including phenoxy) is 1. The summed E-state index contributed by atoms with van der Waals surface area (Å²) in [5.74, 6) is -1.48. The minimum Gasteiger partial charge on any atom is -0.456 e. The van der Waals surface area contributed by atoms with Crippen LogP contribution in [0.3, 0.4) is 0 Å². The van der Waals surface area contributed by atoms with E-state index in [0.717, 1.165) is 12.1 Å². The van der Waals surface area contributed by atoms with Gasteiger partial charge in [-0.25, -0.2) is 0 Å². The van der Waals surface area contributed by atoms with E-state index in [4.69, 9.17) is 20.9 Å². The van der Waals surface area contributed by atoms with Crippen LogP contribution in [0.1, 0.15) is 17.9 Å². The van der Waals surface area contributed by atoms with Gasteiger partial charge in [0.25, 0.3) is 11.6 Å². The average molecular weight is 499 g/mol. The lowest BCUT2D eigenvalue weighted by atomic mass is 10.1. The summed E-state index contributed by atoms with van der Waals surface area (Å²) in [5.41, 5.74) is -2.27. The minimum atomic E-state index is -4.96. The van der Waals surface area contributed by atoms with Gasteiger partial charge in [-0.05, 0) is 30.3 Å². The summed E-state index contributed by atoms with van der Waals surface area (Å²) in [7, 11) is 0. The lowest BCUT2D eigenvalue weighted by molar-refractivity contribution is -0.385. The zero-order valence-electron chi connectivity index (χ0n) is 17.0. The number of non-ortho nitro benzene ring substituents is 1. The van der Waals surface area contributed by atoms with Crippen LogP contribution in [-0.4, -0.2) is 33.5 Å². The second-order valence-electron chi connectivity index (χ2n) is 6.71. The molecule has 34 heavy (non-hydrogen) atoms. The second-order valence-corrected chi connectivity index (χ2v) is 7.15. The van der Waals surface area contributed by atoms with Crippen molar-refractivity contribution in [1.29, 1.82) is 0 Å². The van der Waals surface area contributed by atoms with Gasteiger partial charge in [0.05, 0.1) is 22.6 Å². The van der Waals surface area contributed by atoms with Crippen LogP contribution in [0.4, 0.5) is 24.5 Å². The Labute approximate surface area is 193 Å². The molecule has 10 nitrogen and oxygen atoms in total. The number of carbonyl (C=O) groups is 2. The number of benzene rings is 2. The quantitative estimate of drug-likeness (QED) is 0.273.